The van der Waals surface area contributed by atoms with E-state index < -0.39 is 0 Å². The molecule has 0 heterocycles. The molecule has 0 saturated heterocycles. The van der Waals surface area contributed by atoms with Crippen molar-refractivity contribution in [2.45, 2.75) is 12.5 Å². The van der Waals surface area contributed by atoms with Gasteiger partial charge in [0.2, 0.25) is 0 Å². The predicted octanol–water partition coefficient (Wildman–Crippen LogP) is 5.79. The first-order valence-electron chi connectivity index (χ1n) is 7.90. The molecule has 2 unspecified atom stereocenters. The lowest BCUT2D eigenvalue weighted by Crippen LogP contribution is -2.09. The van der Waals surface area contributed by atoms with E-state index in [4.69, 9.17) is 4.74 Å². The second-order valence-electron chi connectivity index (χ2n) is 5.60. The molecule has 0 radical (unpaired) electrons. The summed E-state index contributed by atoms with van der Waals surface area (Å²) in [5.74, 6) is 0.267. The van der Waals surface area contributed by atoms with Gasteiger partial charge in [0.25, 0.3) is 0 Å². The number of hydrogen-bond acceptors (Lipinski definition) is 3. The lowest BCUT2D eigenvalue weighted by Gasteiger charge is -2.21. The van der Waals surface area contributed by atoms with Crippen molar-refractivity contribution in [1.29, 1.82) is 0 Å². The highest BCUT2D eigenvalue weighted by atomic mass is 19.1. The molecule has 2 aromatic carbocycles. The molecule has 122 valence electrons. The van der Waals surface area contributed by atoms with Crippen molar-refractivity contribution < 1.29 is 9.13 Å². The van der Waals surface area contributed by atoms with E-state index in [1.54, 1.807) is 6.07 Å². The van der Waals surface area contributed by atoms with Crippen LogP contribution in [-0.2, 0) is 0 Å². The van der Waals surface area contributed by atoms with E-state index in [9.17, 15) is 4.39 Å². The summed E-state index contributed by atoms with van der Waals surface area (Å²) < 4.78 is 18.5. The SMILES string of the molecule is COc1cc(F)ccc1N=NC(c1ccccc1)C1C=CC=CC1. The molecule has 4 heteroatoms. The lowest BCUT2D eigenvalue weighted by molar-refractivity contribution is 0.411. The summed E-state index contributed by atoms with van der Waals surface area (Å²) in [7, 11) is 1.50. The number of nitrogens with zero attached hydrogens (tertiary/aromatic N) is 2. The van der Waals surface area contributed by atoms with Gasteiger partial charge in [0, 0.05) is 12.0 Å². The van der Waals surface area contributed by atoms with E-state index in [-0.39, 0.29) is 17.8 Å². The summed E-state index contributed by atoms with van der Waals surface area (Å²) >= 11 is 0. The summed E-state index contributed by atoms with van der Waals surface area (Å²) in [6.07, 6.45) is 9.28. The first-order chi connectivity index (χ1) is 11.8. The van der Waals surface area contributed by atoms with Gasteiger partial charge in [0.05, 0.1) is 7.11 Å². The van der Waals surface area contributed by atoms with Crippen molar-refractivity contribution >= 4 is 5.69 Å². The van der Waals surface area contributed by atoms with Gasteiger partial charge in [-0.25, -0.2) is 4.39 Å². The number of rotatable bonds is 5. The lowest BCUT2D eigenvalue weighted by atomic mass is 9.88. The van der Waals surface area contributed by atoms with E-state index in [0.29, 0.717) is 11.4 Å². The molecule has 0 bridgehead atoms. The van der Waals surface area contributed by atoms with Crippen LogP contribution in [0.25, 0.3) is 0 Å². The van der Waals surface area contributed by atoms with E-state index in [1.807, 2.05) is 30.4 Å². The Morgan fingerprint density at radius 3 is 2.67 bits per heavy atom. The van der Waals surface area contributed by atoms with Crippen molar-refractivity contribution in [3.63, 3.8) is 0 Å². The maximum atomic E-state index is 13.3. The molecule has 0 aromatic heterocycles. The minimum Gasteiger partial charge on any atom is -0.494 e. The number of methoxy groups -OCH3 is 1. The quantitative estimate of drug-likeness (QED) is 0.641. The van der Waals surface area contributed by atoms with Crippen LogP contribution in [0.2, 0.25) is 0 Å². The van der Waals surface area contributed by atoms with Gasteiger partial charge in [-0.2, -0.15) is 10.2 Å². The van der Waals surface area contributed by atoms with Crippen LogP contribution in [-0.4, -0.2) is 7.11 Å². The summed E-state index contributed by atoms with van der Waals surface area (Å²) in [5.41, 5.74) is 1.63. The molecule has 0 spiro atoms. The van der Waals surface area contributed by atoms with Crippen LogP contribution >= 0.6 is 0 Å². The van der Waals surface area contributed by atoms with Crippen LogP contribution in [0.3, 0.4) is 0 Å². The minimum absolute atomic E-state index is 0.0952. The summed E-state index contributed by atoms with van der Waals surface area (Å²) in [6.45, 7) is 0. The van der Waals surface area contributed by atoms with Crippen molar-refractivity contribution in [3.8, 4) is 5.75 Å². The molecular weight excluding hydrogens is 303 g/mol. The smallest absolute Gasteiger partial charge is 0.149 e. The largest absolute Gasteiger partial charge is 0.494 e. The average Bonchev–Trinajstić information content (AvgIpc) is 2.64. The third-order valence-electron chi connectivity index (χ3n) is 3.99. The second kappa shape index (κ2) is 7.68. The third kappa shape index (κ3) is 3.77. The molecule has 3 rings (SSSR count). The Balaban J connectivity index is 1.92. The molecule has 1 aliphatic rings. The fraction of sp³-hybridized carbons (Fsp3) is 0.200. The average molecular weight is 322 g/mol. The van der Waals surface area contributed by atoms with Gasteiger partial charge in [0.15, 0.2) is 0 Å². The van der Waals surface area contributed by atoms with Crippen LogP contribution in [0.15, 0.2) is 83.1 Å². The highest BCUT2D eigenvalue weighted by Gasteiger charge is 2.21. The number of benzene rings is 2. The van der Waals surface area contributed by atoms with E-state index >= 15 is 0 Å². The van der Waals surface area contributed by atoms with Crippen molar-refractivity contribution in [3.05, 3.63) is 84.2 Å². The number of ether oxygens (including phenoxy) is 1. The highest BCUT2D eigenvalue weighted by molar-refractivity contribution is 5.51. The number of azo groups is 1. The molecule has 0 N–H and O–H groups in total. The zero-order valence-electron chi connectivity index (χ0n) is 13.5. The zero-order valence-corrected chi connectivity index (χ0v) is 13.5. The molecule has 3 nitrogen and oxygen atoms in total. The molecule has 2 atom stereocenters. The Morgan fingerprint density at radius 1 is 1.12 bits per heavy atom. The van der Waals surface area contributed by atoms with Crippen LogP contribution < -0.4 is 4.74 Å². The standard InChI is InChI=1S/C20H19FN2O/c1-24-19-14-17(21)12-13-18(19)22-23-20(15-8-4-2-5-9-15)16-10-6-3-7-11-16/h2-10,12-14,16,20H,11H2,1H3. The van der Waals surface area contributed by atoms with Gasteiger partial charge in [-0.1, -0.05) is 54.6 Å². The van der Waals surface area contributed by atoms with Crippen molar-refractivity contribution in [1.82, 2.24) is 0 Å². The molecule has 1 aliphatic carbocycles. The van der Waals surface area contributed by atoms with Gasteiger partial charge < -0.3 is 4.74 Å². The van der Waals surface area contributed by atoms with Crippen LogP contribution in [0, 0.1) is 11.7 Å². The summed E-state index contributed by atoms with van der Waals surface area (Å²) in [5, 5.41) is 8.91. The summed E-state index contributed by atoms with van der Waals surface area (Å²) in [4.78, 5) is 0. The Kier molecular flexibility index (Phi) is 5.16. The predicted molar refractivity (Wildman–Crippen MR) is 93.0 cm³/mol. The first-order valence-corrected chi connectivity index (χ1v) is 7.90. The minimum atomic E-state index is -0.356. The van der Waals surface area contributed by atoms with Crippen molar-refractivity contribution in [2.24, 2.45) is 16.1 Å². The second-order valence-corrected chi connectivity index (χ2v) is 5.60. The van der Waals surface area contributed by atoms with Gasteiger partial charge >= 0.3 is 0 Å². The Hall–Kier alpha value is -2.75. The van der Waals surface area contributed by atoms with Crippen molar-refractivity contribution in [2.75, 3.05) is 7.11 Å². The Morgan fingerprint density at radius 2 is 1.96 bits per heavy atom. The van der Waals surface area contributed by atoms with Gasteiger partial charge in [0.1, 0.15) is 23.3 Å². The van der Waals surface area contributed by atoms with E-state index in [0.717, 1.165) is 12.0 Å². The molecule has 2 aromatic rings. The normalized spacial score (nSPS) is 18.0. The first kappa shape index (κ1) is 16.1. The summed E-state index contributed by atoms with van der Waals surface area (Å²) in [6, 6.07) is 14.2. The maximum Gasteiger partial charge on any atom is 0.149 e. The molecular formula is C20H19FN2O. The Bertz CT molecular complexity index is 768. The van der Waals surface area contributed by atoms with Gasteiger partial charge in [-0.15, -0.1) is 0 Å². The van der Waals surface area contributed by atoms with E-state index in [1.165, 1.54) is 19.2 Å². The zero-order chi connectivity index (χ0) is 16.8. The van der Waals surface area contributed by atoms with Crippen LogP contribution in [0.4, 0.5) is 10.1 Å². The monoisotopic (exact) mass is 322 g/mol. The molecule has 0 aliphatic heterocycles. The molecule has 0 saturated carbocycles. The maximum absolute atomic E-state index is 13.3. The fourth-order valence-corrected chi connectivity index (χ4v) is 2.74. The van der Waals surface area contributed by atoms with E-state index in [2.05, 4.69) is 34.5 Å². The number of halogens is 1. The highest BCUT2D eigenvalue weighted by Crippen LogP contribution is 2.35. The molecule has 0 fully saturated rings. The van der Waals surface area contributed by atoms with Gasteiger partial charge in [-0.05, 0) is 24.1 Å². The van der Waals surface area contributed by atoms with Crippen LogP contribution in [0.1, 0.15) is 18.0 Å². The van der Waals surface area contributed by atoms with Gasteiger partial charge in [-0.3, -0.25) is 0 Å². The fourth-order valence-electron chi connectivity index (χ4n) is 2.74. The molecule has 24 heavy (non-hydrogen) atoms. The topological polar surface area (TPSA) is 34.0 Å². The van der Waals surface area contributed by atoms with Crippen LogP contribution in [0.5, 0.6) is 5.75 Å². The third-order valence-corrected chi connectivity index (χ3v) is 3.99. The number of hydrogen-bond donors (Lipinski definition) is 0. The number of allylic oxidation sites excluding steroid dienone is 3. The molecule has 0 amide bonds. The Labute approximate surface area is 141 Å².